The smallest absolute Gasteiger partial charge is 0.192 e. The molecule has 1 aromatic carbocycles. The SMILES string of the molecule is COc1cc2nccc(Cl)c2cc1OCCO[Si](C)(C)C(C)(C)C. The minimum Gasteiger partial charge on any atom is -0.493 e. The molecule has 0 N–H and O–H groups in total. The van der Waals surface area contributed by atoms with Crippen LogP contribution in [0.3, 0.4) is 0 Å². The summed E-state index contributed by atoms with van der Waals surface area (Å²) in [5.74, 6) is 1.29. The fourth-order valence-corrected chi connectivity index (χ4v) is 3.29. The summed E-state index contributed by atoms with van der Waals surface area (Å²) < 4.78 is 17.4. The Morgan fingerprint density at radius 2 is 1.83 bits per heavy atom. The molecule has 0 bridgehead atoms. The van der Waals surface area contributed by atoms with Crippen molar-refractivity contribution in [2.75, 3.05) is 20.3 Å². The van der Waals surface area contributed by atoms with Gasteiger partial charge in [-0.2, -0.15) is 0 Å². The second-order valence-corrected chi connectivity index (χ2v) is 12.5. The van der Waals surface area contributed by atoms with Gasteiger partial charge in [0.25, 0.3) is 0 Å². The molecular formula is C18H26ClNO3Si. The van der Waals surface area contributed by atoms with Crippen LogP contribution in [-0.4, -0.2) is 33.6 Å². The van der Waals surface area contributed by atoms with Crippen LogP contribution in [0, 0.1) is 0 Å². The quantitative estimate of drug-likeness (QED) is 0.513. The summed E-state index contributed by atoms with van der Waals surface area (Å²) in [6.45, 7) is 12.2. The number of methoxy groups -OCH3 is 1. The fraction of sp³-hybridized carbons (Fsp3) is 0.500. The van der Waals surface area contributed by atoms with E-state index < -0.39 is 8.32 Å². The van der Waals surface area contributed by atoms with Gasteiger partial charge in [-0.3, -0.25) is 4.98 Å². The van der Waals surface area contributed by atoms with Crippen molar-refractivity contribution in [2.45, 2.75) is 38.9 Å². The first-order valence-electron chi connectivity index (χ1n) is 8.05. The molecular weight excluding hydrogens is 342 g/mol. The van der Waals surface area contributed by atoms with Crippen molar-refractivity contribution in [3.8, 4) is 11.5 Å². The largest absolute Gasteiger partial charge is 0.493 e. The normalized spacial score (nSPS) is 12.5. The maximum Gasteiger partial charge on any atom is 0.192 e. The van der Waals surface area contributed by atoms with E-state index in [-0.39, 0.29) is 5.04 Å². The molecule has 0 aliphatic rings. The van der Waals surface area contributed by atoms with Crippen LogP contribution >= 0.6 is 11.6 Å². The molecule has 0 saturated carbocycles. The first-order valence-corrected chi connectivity index (χ1v) is 11.3. The van der Waals surface area contributed by atoms with E-state index in [9.17, 15) is 0 Å². The molecule has 0 amide bonds. The zero-order valence-corrected chi connectivity index (χ0v) is 17.0. The van der Waals surface area contributed by atoms with Gasteiger partial charge < -0.3 is 13.9 Å². The second kappa shape index (κ2) is 7.29. The van der Waals surface area contributed by atoms with E-state index >= 15 is 0 Å². The maximum absolute atomic E-state index is 6.24. The summed E-state index contributed by atoms with van der Waals surface area (Å²) >= 11 is 6.24. The first-order chi connectivity index (χ1) is 11.2. The van der Waals surface area contributed by atoms with Crippen LogP contribution in [0.25, 0.3) is 10.9 Å². The highest BCUT2D eigenvalue weighted by molar-refractivity contribution is 6.74. The highest BCUT2D eigenvalue weighted by atomic mass is 35.5. The van der Waals surface area contributed by atoms with E-state index in [1.165, 1.54) is 0 Å². The Hall–Kier alpha value is -1.30. The number of pyridine rings is 1. The number of aromatic nitrogens is 1. The number of nitrogens with zero attached hydrogens (tertiary/aromatic N) is 1. The van der Waals surface area contributed by atoms with Crippen LogP contribution in [0.15, 0.2) is 24.4 Å². The predicted molar refractivity (Wildman–Crippen MR) is 102 cm³/mol. The Bertz CT molecular complexity index is 713. The summed E-state index contributed by atoms with van der Waals surface area (Å²) in [4.78, 5) is 4.31. The molecule has 0 radical (unpaired) electrons. The van der Waals surface area contributed by atoms with Gasteiger partial charge in [0.2, 0.25) is 0 Å². The molecule has 2 rings (SSSR count). The summed E-state index contributed by atoms with van der Waals surface area (Å²) in [5.41, 5.74) is 0.782. The minimum atomic E-state index is -1.76. The Kier molecular flexibility index (Phi) is 5.78. The zero-order chi connectivity index (χ0) is 18.0. The topological polar surface area (TPSA) is 40.6 Å². The lowest BCUT2D eigenvalue weighted by Crippen LogP contribution is -2.41. The van der Waals surface area contributed by atoms with Crippen LogP contribution in [0.1, 0.15) is 20.8 Å². The van der Waals surface area contributed by atoms with Gasteiger partial charge in [-0.15, -0.1) is 0 Å². The molecule has 0 aliphatic carbocycles. The molecule has 0 saturated heterocycles. The zero-order valence-electron chi connectivity index (χ0n) is 15.3. The molecule has 132 valence electrons. The lowest BCUT2D eigenvalue weighted by molar-refractivity contribution is 0.199. The van der Waals surface area contributed by atoms with Gasteiger partial charge in [-0.05, 0) is 30.3 Å². The molecule has 24 heavy (non-hydrogen) atoms. The number of hydrogen-bond donors (Lipinski definition) is 0. The number of rotatable bonds is 6. The van der Waals surface area contributed by atoms with Crippen LogP contribution in [0.2, 0.25) is 23.2 Å². The van der Waals surface area contributed by atoms with Crippen LogP contribution in [0.4, 0.5) is 0 Å². The van der Waals surface area contributed by atoms with Crippen molar-refractivity contribution in [1.29, 1.82) is 0 Å². The van der Waals surface area contributed by atoms with Crippen LogP contribution < -0.4 is 9.47 Å². The molecule has 1 heterocycles. The molecule has 2 aromatic rings. The molecule has 0 spiro atoms. The fourth-order valence-electron chi connectivity index (χ4n) is 2.06. The average molecular weight is 368 g/mol. The Morgan fingerprint density at radius 1 is 1.12 bits per heavy atom. The summed E-state index contributed by atoms with van der Waals surface area (Å²) in [6, 6.07) is 5.47. The highest BCUT2D eigenvalue weighted by Gasteiger charge is 2.36. The van der Waals surface area contributed by atoms with Crippen molar-refractivity contribution in [3.63, 3.8) is 0 Å². The van der Waals surface area contributed by atoms with E-state index in [1.54, 1.807) is 19.4 Å². The molecule has 0 unspecified atom stereocenters. The van der Waals surface area contributed by atoms with Gasteiger partial charge in [0.15, 0.2) is 19.8 Å². The Morgan fingerprint density at radius 3 is 2.46 bits per heavy atom. The standard InChI is InChI=1S/C18H26ClNO3Si/c1-18(2,3)24(5,6)23-10-9-22-17-11-13-14(19)7-8-20-15(13)12-16(17)21-4/h7-8,11-12H,9-10H2,1-6H3. The number of ether oxygens (including phenoxy) is 2. The van der Waals surface area contributed by atoms with Crippen molar-refractivity contribution < 1.29 is 13.9 Å². The molecule has 1 aromatic heterocycles. The number of hydrogen-bond acceptors (Lipinski definition) is 4. The molecule has 4 nitrogen and oxygen atoms in total. The Labute approximate surface area is 150 Å². The number of halogens is 1. The van der Waals surface area contributed by atoms with Gasteiger partial charge in [0.05, 0.1) is 24.3 Å². The third kappa shape index (κ3) is 4.21. The van der Waals surface area contributed by atoms with Gasteiger partial charge >= 0.3 is 0 Å². The van der Waals surface area contributed by atoms with Crippen LogP contribution in [-0.2, 0) is 4.43 Å². The summed E-state index contributed by atoms with van der Waals surface area (Å²) in [7, 11) is -0.144. The van der Waals surface area contributed by atoms with E-state index in [4.69, 9.17) is 25.5 Å². The molecule has 0 atom stereocenters. The lowest BCUT2D eigenvalue weighted by atomic mass is 10.2. The number of benzene rings is 1. The van der Waals surface area contributed by atoms with E-state index in [2.05, 4.69) is 38.8 Å². The van der Waals surface area contributed by atoms with Crippen molar-refractivity contribution >= 4 is 30.8 Å². The highest BCUT2D eigenvalue weighted by Crippen LogP contribution is 2.37. The monoisotopic (exact) mass is 367 g/mol. The van der Waals surface area contributed by atoms with Gasteiger partial charge in [-0.1, -0.05) is 32.4 Å². The predicted octanol–water partition coefficient (Wildman–Crippen LogP) is 5.30. The van der Waals surface area contributed by atoms with Gasteiger partial charge in [0, 0.05) is 17.6 Å². The molecule has 0 fully saturated rings. The van der Waals surface area contributed by atoms with Crippen molar-refractivity contribution in [1.82, 2.24) is 4.98 Å². The van der Waals surface area contributed by atoms with Gasteiger partial charge in [0.1, 0.15) is 6.61 Å². The van der Waals surface area contributed by atoms with E-state index in [0.29, 0.717) is 29.7 Å². The van der Waals surface area contributed by atoms with Crippen molar-refractivity contribution in [3.05, 3.63) is 29.4 Å². The maximum atomic E-state index is 6.24. The third-order valence-electron chi connectivity index (χ3n) is 4.58. The molecule has 0 aliphatic heterocycles. The Balaban J connectivity index is 2.08. The van der Waals surface area contributed by atoms with Crippen LogP contribution in [0.5, 0.6) is 11.5 Å². The van der Waals surface area contributed by atoms with Crippen molar-refractivity contribution in [2.24, 2.45) is 0 Å². The summed E-state index contributed by atoms with van der Waals surface area (Å²) in [6.07, 6.45) is 1.68. The minimum absolute atomic E-state index is 0.187. The second-order valence-electron chi connectivity index (χ2n) is 7.27. The lowest BCUT2D eigenvalue weighted by Gasteiger charge is -2.36. The third-order valence-corrected chi connectivity index (χ3v) is 9.45. The van der Waals surface area contributed by atoms with E-state index in [1.807, 2.05) is 12.1 Å². The molecule has 6 heteroatoms. The first kappa shape index (κ1) is 19.0. The van der Waals surface area contributed by atoms with Gasteiger partial charge in [-0.25, -0.2) is 0 Å². The van der Waals surface area contributed by atoms with E-state index in [0.717, 1.165) is 10.9 Å². The summed E-state index contributed by atoms with van der Waals surface area (Å²) in [5, 5.41) is 1.68. The number of fused-ring (bicyclic) bond motifs is 1. The average Bonchev–Trinajstić information content (AvgIpc) is 2.50.